The van der Waals surface area contributed by atoms with Gasteiger partial charge in [-0.1, -0.05) is 0 Å². The number of hydrogen-bond acceptors (Lipinski definition) is 3. The minimum Gasteiger partial charge on any atom is -0.334 e. The van der Waals surface area contributed by atoms with Crippen molar-refractivity contribution in [3.63, 3.8) is 0 Å². The summed E-state index contributed by atoms with van der Waals surface area (Å²) in [5.41, 5.74) is -0.281. The maximum atomic E-state index is 13.1. The molecule has 0 aliphatic heterocycles. The third kappa shape index (κ3) is 2.79. The summed E-state index contributed by atoms with van der Waals surface area (Å²) in [5, 5.41) is 6.45. The van der Waals surface area contributed by atoms with Crippen molar-refractivity contribution in [2.45, 2.75) is 13.5 Å². The first-order valence-corrected chi connectivity index (χ1v) is 5.66. The molecule has 1 heterocycles. The van der Waals surface area contributed by atoms with Crippen LogP contribution in [0.4, 0.5) is 13.2 Å². The zero-order chi connectivity index (χ0) is 14.9. The van der Waals surface area contributed by atoms with E-state index in [4.69, 9.17) is 0 Å². The molecule has 0 unspecified atom stereocenters. The molecule has 0 aliphatic carbocycles. The number of nitrogens with zero attached hydrogens (tertiary/aromatic N) is 3. The molecule has 1 amide bonds. The smallest absolute Gasteiger partial charge is 0.254 e. The fraction of sp³-hybridized carbons (Fsp3) is 0.250. The number of rotatable bonds is 3. The van der Waals surface area contributed by atoms with E-state index in [0.29, 0.717) is 23.8 Å². The number of hydrogen-bond donors (Lipinski definition) is 1. The monoisotopic (exact) mass is 284 g/mol. The molecule has 0 fully saturated rings. The van der Waals surface area contributed by atoms with Crippen molar-refractivity contribution < 1.29 is 18.0 Å². The van der Waals surface area contributed by atoms with Gasteiger partial charge in [-0.25, -0.2) is 18.2 Å². The van der Waals surface area contributed by atoms with Gasteiger partial charge in [0.15, 0.2) is 23.3 Å². The van der Waals surface area contributed by atoms with Crippen molar-refractivity contribution in [3.05, 3.63) is 46.8 Å². The van der Waals surface area contributed by atoms with Gasteiger partial charge in [0.25, 0.3) is 5.91 Å². The Kier molecular flexibility index (Phi) is 3.73. The second kappa shape index (κ2) is 5.32. The fourth-order valence-electron chi connectivity index (χ4n) is 1.64. The zero-order valence-electron chi connectivity index (χ0n) is 10.7. The number of aryl methyl sites for hydroxylation is 1. The highest BCUT2D eigenvalue weighted by molar-refractivity contribution is 5.94. The first-order valence-electron chi connectivity index (χ1n) is 5.66. The standard InChI is InChI=1S/C12H11F3N4O/c1-6-16-10(18-17-6)5-19(2)12(20)7-3-8(13)11(15)9(14)4-7/h3-4H,5H2,1-2H3,(H,16,17,18). The Morgan fingerprint density at radius 3 is 2.40 bits per heavy atom. The average molecular weight is 284 g/mol. The fourth-order valence-corrected chi connectivity index (χ4v) is 1.64. The summed E-state index contributed by atoms with van der Waals surface area (Å²) in [6.45, 7) is 1.76. The second-order valence-electron chi connectivity index (χ2n) is 4.25. The van der Waals surface area contributed by atoms with Crippen LogP contribution in [0.1, 0.15) is 22.0 Å². The van der Waals surface area contributed by atoms with Crippen molar-refractivity contribution in [2.75, 3.05) is 7.05 Å². The normalized spacial score (nSPS) is 10.7. The number of carbonyl (C=O) groups is 1. The molecule has 0 atom stereocenters. The molecule has 8 heteroatoms. The Morgan fingerprint density at radius 1 is 1.30 bits per heavy atom. The van der Waals surface area contributed by atoms with Crippen LogP contribution < -0.4 is 0 Å². The van der Waals surface area contributed by atoms with Crippen molar-refractivity contribution in [1.82, 2.24) is 20.1 Å². The first kappa shape index (κ1) is 14.0. The molecule has 0 spiro atoms. The molecule has 0 saturated heterocycles. The zero-order valence-corrected chi connectivity index (χ0v) is 10.7. The van der Waals surface area contributed by atoms with E-state index in [2.05, 4.69) is 15.2 Å². The van der Waals surface area contributed by atoms with E-state index in [-0.39, 0.29) is 12.1 Å². The van der Waals surface area contributed by atoms with Crippen molar-refractivity contribution in [1.29, 1.82) is 0 Å². The molecular formula is C12H11F3N4O. The van der Waals surface area contributed by atoms with E-state index in [0.717, 1.165) is 0 Å². The average Bonchev–Trinajstić information content (AvgIpc) is 2.79. The van der Waals surface area contributed by atoms with Gasteiger partial charge in [-0.3, -0.25) is 9.89 Å². The highest BCUT2D eigenvalue weighted by Crippen LogP contribution is 2.15. The molecule has 0 bridgehead atoms. The lowest BCUT2D eigenvalue weighted by molar-refractivity contribution is 0.0780. The molecule has 0 saturated carbocycles. The van der Waals surface area contributed by atoms with E-state index in [1.807, 2.05) is 0 Å². The maximum Gasteiger partial charge on any atom is 0.254 e. The quantitative estimate of drug-likeness (QED) is 0.874. The number of carbonyl (C=O) groups excluding carboxylic acids is 1. The lowest BCUT2D eigenvalue weighted by atomic mass is 10.2. The summed E-state index contributed by atoms with van der Waals surface area (Å²) in [6, 6.07) is 1.31. The van der Waals surface area contributed by atoms with E-state index < -0.39 is 23.4 Å². The van der Waals surface area contributed by atoms with Crippen LogP contribution in [0.25, 0.3) is 0 Å². The number of aromatic amines is 1. The van der Waals surface area contributed by atoms with Crippen molar-refractivity contribution in [2.24, 2.45) is 0 Å². The summed E-state index contributed by atoms with van der Waals surface area (Å²) < 4.78 is 39.0. The van der Waals surface area contributed by atoms with Gasteiger partial charge in [0.05, 0.1) is 6.54 Å². The Morgan fingerprint density at radius 2 is 1.90 bits per heavy atom. The summed E-state index contributed by atoms with van der Waals surface area (Å²) in [6.07, 6.45) is 0. The SMILES string of the molecule is Cc1nc(CN(C)C(=O)c2cc(F)c(F)c(F)c2)n[nH]1. The molecule has 0 aliphatic rings. The summed E-state index contributed by atoms with van der Waals surface area (Å²) in [4.78, 5) is 17.2. The Hall–Kier alpha value is -2.38. The van der Waals surface area contributed by atoms with E-state index in [9.17, 15) is 18.0 Å². The van der Waals surface area contributed by atoms with Crippen LogP contribution in [0.2, 0.25) is 0 Å². The van der Waals surface area contributed by atoms with E-state index >= 15 is 0 Å². The molecule has 1 N–H and O–H groups in total. The van der Waals surface area contributed by atoms with Crippen LogP contribution in [-0.4, -0.2) is 33.0 Å². The first-order chi connectivity index (χ1) is 9.38. The van der Waals surface area contributed by atoms with Crippen LogP contribution in [0.5, 0.6) is 0 Å². The molecule has 1 aromatic heterocycles. The summed E-state index contributed by atoms with van der Waals surface area (Å²) in [5.74, 6) is -4.13. The number of benzene rings is 1. The van der Waals surface area contributed by atoms with Gasteiger partial charge in [-0.15, -0.1) is 0 Å². The molecular weight excluding hydrogens is 273 g/mol. The van der Waals surface area contributed by atoms with Crippen molar-refractivity contribution >= 4 is 5.91 Å². The topological polar surface area (TPSA) is 61.9 Å². The van der Waals surface area contributed by atoms with E-state index in [1.54, 1.807) is 6.92 Å². The van der Waals surface area contributed by atoms with Crippen LogP contribution in [-0.2, 0) is 6.54 Å². The van der Waals surface area contributed by atoms with Gasteiger partial charge in [0, 0.05) is 12.6 Å². The number of H-pyrrole nitrogens is 1. The Labute approximate surface area is 112 Å². The minimum absolute atomic E-state index is 0.0593. The number of aromatic nitrogens is 3. The van der Waals surface area contributed by atoms with Gasteiger partial charge >= 0.3 is 0 Å². The summed E-state index contributed by atoms with van der Waals surface area (Å²) >= 11 is 0. The van der Waals surface area contributed by atoms with Crippen LogP contribution in [0, 0.1) is 24.4 Å². The molecule has 0 radical (unpaired) electrons. The number of amides is 1. The molecule has 106 valence electrons. The lowest BCUT2D eigenvalue weighted by Crippen LogP contribution is -2.27. The summed E-state index contributed by atoms with van der Waals surface area (Å²) in [7, 11) is 1.42. The predicted octanol–water partition coefficient (Wildman–Crippen LogP) is 1.80. The Balaban J connectivity index is 2.18. The van der Waals surface area contributed by atoms with Gasteiger partial charge < -0.3 is 4.90 Å². The molecule has 20 heavy (non-hydrogen) atoms. The number of halogens is 3. The predicted molar refractivity (Wildman–Crippen MR) is 63.2 cm³/mol. The highest BCUT2D eigenvalue weighted by Gasteiger charge is 2.18. The molecule has 1 aromatic carbocycles. The van der Waals surface area contributed by atoms with Crippen molar-refractivity contribution in [3.8, 4) is 0 Å². The van der Waals surface area contributed by atoms with Gasteiger partial charge in [-0.05, 0) is 19.1 Å². The van der Waals surface area contributed by atoms with Crippen LogP contribution in [0.3, 0.4) is 0 Å². The molecule has 2 rings (SSSR count). The van der Waals surface area contributed by atoms with E-state index in [1.165, 1.54) is 11.9 Å². The largest absolute Gasteiger partial charge is 0.334 e. The molecule has 2 aromatic rings. The second-order valence-corrected chi connectivity index (χ2v) is 4.25. The van der Waals surface area contributed by atoms with Gasteiger partial charge in [0.1, 0.15) is 5.82 Å². The highest BCUT2D eigenvalue weighted by atomic mass is 19.2. The maximum absolute atomic E-state index is 13.1. The lowest BCUT2D eigenvalue weighted by Gasteiger charge is -2.15. The third-order valence-electron chi connectivity index (χ3n) is 2.60. The number of nitrogens with one attached hydrogen (secondary N) is 1. The minimum atomic E-state index is -1.60. The van der Waals surface area contributed by atoms with Gasteiger partial charge in [-0.2, -0.15) is 5.10 Å². The van der Waals surface area contributed by atoms with Crippen LogP contribution in [0.15, 0.2) is 12.1 Å². The van der Waals surface area contributed by atoms with Gasteiger partial charge in [0.2, 0.25) is 0 Å². The van der Waals surface area contributed by atoms with Crippen LogP contribution >= 0.6 is 0 Å². The molecule has 5 nitrogen and oxygen atoms in total. The third-order valence-corrected chi connectivity index (χ3v) is 2.60. The Bertz CT molecular complexity index is 633.